The fraction of sp³-hybridized carbons (Fsp3) is 0.600. The summed E-state index contributed by atoms with van der Waals surface area (Å²) in [5.41, 5.74) is -0.0452. The van der Waals surface area contributed by atoms with E-state index in [-0.39, 0.29) is 18.0 Å². The van der Waals surface area contributed by atoms with Gasteiger partial charge in [0.1, 0.15) is 6.54 Å². The summed E-state index contributed by atoms with van der Waals surface area (Å²) in [7, 11) is 1.44. The molecule has 17 heavy (non-hydrogen) atoms. The number of hydrogen-bond acceptors (Lipinski definition) is 2. The van der Waals surface area contributed by atoms with Crippen LogP contribution in [0, 0.1) is 0 Å². The molecule has 7 heteroatoms. The third-order valence-electron chi connectivity index (χ3n) is 2.85. The Hall–Kier alpha value is -1.53. The second-order valence-corrected chi connectivity index (χ2v) is 3.96. The van der Waals surface area contributed by atoms with E-state index in [9.17, 15) is 18.0 Å². The molecule has 0 fully saturated rings. The van der Waals surface area contributed by atoms with Crippen LogP contribution < -0.4 is 5.32 Å². The monoisotopic (exact) mass is 247 g/mol. The first-order valence-electron chi connectivity index (χ1n) is 5.30. The standard InChI is InChI=1S/C10H12F3N3O/c1-14-8(17)5-16-7-4-2-3-6(7)9(15-16)10(11,12)13/h2-5H2,1H3,(H,14,17). The molecule has 1 aliphatic rings. The van der Waals surface area contributed by atoms with Gasteiger partial charge in [0.25, 0.3) is 0 Å². The van der Waals surface area contributed by atoms with E-state index in [0.29, 0.717) is 25.0 Å². The summed E-state index contributed by atoms with van der Waals surface area (Å²) in [5.74, 6) is -0.351. The molecule has 1 amide bonds. The van der Waals surface area contributed by atoms with Gasteiger partial charge in [-0.05, 0) is 19.3 Å². The van der Waals surface area contributed by atoms with Crippen LogP contribution in [0.25, 0.3) is 0 Å². The molecular formula is C10H12F3N3O. The number of halogens is 3. The van der Waals surface area contributed by atoms with Crippen molar-refractivity contribution in [2.24, 2.45) is 0 Å². The molecule has 1 aromatic rings. The highest BCUT2D eigenvalue weighted by Gasteiger charge is 2.40. The second-order valence-electron chi connectivity index (χ2n) is 3.96. The third kappa shape index (κ3) is 2.13. The van der Waals surface area contributed by atoms with Gasteiger partial charge in [0.2, 0.25) is 5.91 Å². The van der Waals surface area contributed by atoms with E-state index >= 15 is 0 Å². The predicted molar refractivity (Wildman–Crippen MR) is 53.3 cm³/mol. The summed E-state index contributed by atoms with van der Waals surface area (Å²) in [5, 5.41) is 5.89. The molecule has 0 saturated carbocycles. The Balaban J connectivity index is 2.38. The maximum atomic E-state index is 12.7. The van der Waals surface area contributed by atoms with Crippen molar-refractivity contribution in [1.82, 2.24) is 15.1 Å². The second kappa shape index (κ2) is 4.05. The lowest BCUT2D eigenvalue weighted by atomic mass is 10.2. The Morgan fingerprint density at radius 1 is 1.47 bits per heavy atom. The van der Waals surface area contributed by atoms with Crippen molar-refractivity contribution in [1.29, 1.82) is 0 Å². The van der Waals surface area contributed by atoms with Crippen LogP contribution in [0.5, 0.6) is 0 Å². The van der Waals surface area contributed by atoms with Crippen LogP contribution in [-0.2, 0) is 30.4 Å². The van der Waals surface area contributed by atoms with E-state index in [2.05, 4.69) is 10.4 Å². The van der Waals surface area contributed by atoms with Gasteiger partial charge in [0.15, 0.2) is 5.69 Å². The van der Waals surface area contributed by atoms with Crippen molar-refractivity contribution >= 4 is 5.91 Å². The van der Waals surface area contributed by atoms with Gasteiger partial charge in [-0.3, -0.25) is 9.48 Å². The molecule has 0 spiro atoms. The van der Waals surface area contributed by atoms with Crippen LogP contribution in [0.2, 0.25) is 0 Å². The normalized spacial score (nSPS) is 14.8. The number of carbonyl (C=O) groups is 1. The number of alkyl halides is 3. The number of hydrogen-bond donors (Lipinski definition) is 1. The minimum atomic E-state index is -4.44. The smallest absolute Gasteiger partial charge is 0.358 e. The largest absolute Gasteiger partial charge is 0.435 e. The van der Waals surface area contributed by atoms with Crippen molar-refractivity contribution < 1.29 is 18.0 Å². The zero-order chi connectivity index (χ0) is 12.6. The van der Waals surface area contributed by atoms with Gasteiger partial charge >= 0.3 is 6.18 Å². The maximum absolute atomic E-state index is 12.7. The summed E-state index contributed by atoms with van der Waals surface area (Å²) >= 11 is 0. The van der Waals surface area contributed by atoms with Gasteiger partial charge in [-0.2, -0.15) is 18.3 Å². The zero-order valence-electron chi connectivity index (χ0n) is 9.26. The predicted octanol–water partition coefficient (Wildman–Crippen LogP) is 1.14. The molecule has 94 valence electrons. The van der Waals surface area contributed by atoms with Crippen LogP contribution in [0.1, 0.15) is 23.4 Å². The fourth-order valence-corrected chi connectivity index (χ4v) is 2.08. The number of likely N-dealkylation sites (N-methyl/N-ethyl adjacent to an activating group) is 1. The molecule has 0 aromatic carbocycles. The van der Waals surface area contributed by atoms with E-state index in [1.54, 1.807) is 0 Å². The lowest BCUT2D eigenvalue weighted by Gasteiger charge is -2.05. The molecule has 1 aliphatic carbocycles. The van der Waals surface area contributed by atoms with Gasteiger partial charge in [-0.15, -0.1) is 0 Å². The number of rotatable bonds is 2. The lowest BCUT2D eigenvalue weighted by molar-refractivity contribution is -0.142. The van der Waals surface area contributed by atoms with Crippen LogP contribution in [0.15, 0.2) is 0 Å². The molecule has 1 aromatic heterocycles. The molecule has 0 saturated heterocycles. The topological polar surface area (TPSA) is 46.9 Å². The van der Waals surface area contributed by atoms with E-state index in [0.717, 1.165) is 0 Å². The van der Waals surface area contributed by atoms with Crippen molar-refractivity contribution in [3.8, 4) is 0 Å². The lowest BCUT2D eigenvalue weighted by Crippen LogP contribution is -2.25. The molecule has 0 radical (unpaired) electrons. The van der Waals surface area contributed by atoms with Crippen molar-refractivity contribution in [2.75, 3.05) is 7.05 Å². The zero-order valence-corrected chi connectivity index (χ0v) is 9.26. The van der Waals surface area contributed by atoms with Crippen LogP contribution in [0.4, 0.5) is 13.2 Å². The van der Waals surface area contributed by atoms with Crippen molar-refractivity contribution in [3.63, 3.8) is 0 Å². The quantitative estimate of drug-likeness (QED) is 0.851. The van der Waals surface area contributed by atoms with Gasteiger partial charge in [0, 0.05) is 18.3 Å². The molecule has 2 rings (SSSR count). The molecule has 0 unspecified atom stereocenters. The Kier molecular flexibility index (Phi) is 2.84. The number of amides is 1. The van der Waals surface area contributed by atoms with Crippen molar-refractivity contribution in [2.45, 2.75) is 32.0 Å². The Morgan fingerprint density at radius 3 is 2.76 bits per heavy atom. The van der Waals surface area contributed by atoms with Crippen molar-refractivity contribution in [3.05, 3.63) is 17.0 Å². The molecular weight excluding hydrogens is 235 g/mol. The maximum Gasteiger partial charge on any atom is 0.435 e. The van der Waals surface area contributed by atoms with E-state index < -0.39 is 11.9 Å². The molecule has 1 heterocycles. The minimum Gasteiger partial charge on any atom is -0.358 e. The van der Waals surface area contributed by atoms with Crippen LogP contribution in [0.3, 0.4) is 0 Å². The number of nitrogens with one attached hydrogen (secondary N) is 1. The minimum absolute atomic E-state index is 0.158. The number of carbonyl (C=O) groups excluding carboxylic acids is 1. The average Bonchev–Trinajstić information content (AvgIpc) is 2.79. The first-order chi connectivity index (χ1) is 7.93. The molecule has 0 aliphatic heterocycles. The summed E-state index contributed by atoms with van der Waals surface area (Å²) in [4.78, 5) is 11.2. The average molecular weight is 247 g/mol. The first kappa shape index (κ1) is 11.9. The van der Waals surface area contributed by atoms with Crippen LogP contribution in [-0.4, -0.2) is 22.7 Å². The summed E-state index contributed by atoms with van der Waals surface area (Å²) < 4.78 is 39.3. The summed E-state index contributed by atoms with van der Waals surface area (Å²) in [6.07, 6.45) is -2.82. The van der Waals surface area contributed by atoms with Gasteiger partial charge in [-0.1, -0.05) is 0 Å². The molecule has 4 nitrogen and oxygen atoms in total. The number of aromatic nitrogens is 2. The van der Waals surface area contributed by atoms with Crippen LogP contribution >= 0.6 is 0 Å². The highest BCUT2D eigenvalue weighted by Crippen LogP contribution is 2.36. The first-order valence-corrected chi connectivity index (χ1v) is 5.30. The highest BCUT2D eigenvalue weighted by atomic mass is 19.4. The third-order valence-corrected chi connectivity index (χ3v) is 2.85. The van der Waals surface area contributed by atoms with E-state index in [1.807, 2.05) is 0 Å². The number of fused-ring (bicyclic) bond motifs is 1. The SMILES string of the molecule is CNC(=O)Cn1nc(C(F)(F)F)c2c1CCC2. The summed E-state index contributed by atoms with van der Waals surface area (Å²) in [6, 6.07) is 0. The van der Waals surface area contributed by atoms with Gasteiger partial charge in [-0.25, -0.2) is 0 Å². The molecule has 0 atom stereocenters. The Labute approximate surface area is 95.8 Å². The Morgan fingerprint density at radius 2 is 2.18 bits per heavy atom. The molecule has 0 bridgehead atoms. The molecule has 1 N–H and O–H groups in total. The van der Waals surface area contributed by atoms with E-state index in [4.69, 9.17) is 0 Å². The highest BCUT2D eigenvalue weighted by molar-refractivity contribution is 5.75. The Bertz CT molecular complexity index is 450. The fourth-order valence-electron chi connectivity index (χ4n) is 2.08. The number of nitrogens with zero attached hydrogens (tertiary/aromatic N) is 2. The van der Waals surface area contributed by atoms with Gasteiger partial charge in [0.05, 0.1) is 0 Å². The van der Waals surface area contributed by atoms with Gasteiger partial charge < -0.3 is 5.32 Å². The summed E-state index contributed by atoms with van der Waals surface area (Å²) in [6.45, 7) is -0.158. The van der Waals surface area contributed by atoms with E-state index in [1.165, 1.54) is 11.7 Å².